The molecule has 1 N–H and O–H groups in total. The minimum Gasteiger partial charge on any atom is -0.494 e. The number of amides is 1. The molecule has 5 nitrogen and oxygen atoms in total. The summed E-state index contributed by atoms with van der Waals surface area (Å²) in [5.74, 6) is -0.114. The molecule has 1 aromatic rings. The average molecular weight is 297 g/mol. The predicted molar refractivity (Wildman–Crippen MR) is 77.0 cm³/mol. The molecule has 0 aliphatic carbocycles. The second kappa shape index (κ2) is 7.09. The van der Waals surface area contributed by atoms with Crippen LogP contribution in [-0.4, -0.2) is 20.9 Å². The fraction of sp³-hybridized carbons (Fsp3) is 0.357. The maximum atomic E-state index is 11.9. The molecule has 0 aromatic heterocycles. The maximum Gasteiger partial charge on any atom is 0.264 e. The lowest BCUT2D eigenvalue weighted by Crippen LogP contribution is -2.30. The summed E-state index contributed by atoms with van der Waals surface area (Å²) in [6, 6.07) is 5.93. The number of hydrogen-bond acceptors (Lipinski definition) is 4. The van der Waals surface area contributed by atoms with Crippen LogP contribution in [0.5, 0.6) is 5.75 Å². The Labute approximate surface area is 119 Å². The smallest absolute Gasteiger partial charge is 0.264 e. The number of carbonyl (C=O) groups excluding carboxylic acids is 1. The normalized spacial score (nSPS) is 10.9. The second-order valence-corrected chi connectivity index (χ2v) is 6.07. The van der Waals surface area contributed by atoms with Crippen LogP contribution >= 0.6 is 0 Å². The van der Waals surface area contributed by atoms with Gasteiger partial charge in [0.1, 0.15) is 5.75 Å². The van der Waals surface area contributed by atoms with Gasteiger partial charge in [0.15, 0.2) is 0 Å². The zero-order valence-corrected chi connectivity index (χ0v) is 12.5. The van der Waals surface area contributed by atoms with Gasteiger partial charge < -0.3 is 4.74 Å². The highest BCUT2D eigenvalue weighted by molar-refractivity contribution is 7.90. The summed E-state index contributed by atoms with van der Waals surface area (Å²) in [5, 5.41) is 0. The van der Waals surface area contributed by atoms with Crippen LogP contribution in [-0.2, 0) is 14.8 Å². The lowest BCUT2D eigenvalue weighted by molar-refractivity contribution is -0.115. The lowest BCUT2D eigenvalue weighted by atomic mass is 10.3. The van der Waals surface area contributed by atoms with E-state index in [2.05, 4.69) is 13.5 Å². The van der Waals surface area contributed by atoms with E-state index in [4.69, 9.17) is 4.74 Å². The topological polar surface area (TPSA) is 72.5 Å². The van der Waals surface area contributed by atoms with E-state index in [1.54, 1.807) is 12.1 Å². The SMILES string of the molecule is C=C(C)C(=O)NS(=O)(=O)c1ccc(OCCCC)cc1. The Morgan fingerprint density at radius 3 is 2.40 bits per heavy atom. The zero-order chi connectivity index (χ0) is 15.2. The first kappa shape index (κ1) is 16.2. The summed E-state index contributed by atoms with van der Waals surface area (Å²) in [7, 11) is -3.86. The molecule has 0 bridgehead atoms. The predicted octanol–water partition coefficient (Wildman–Crippen LogP) is 2.25. The molecular formula is C14H19NO4S. The van der Waals surface area contributed by atoms with Crippen molar-refractivity contribution in [3.63, 3.8) is 0 Å². The van der Waals surface area contributed by atoms with Crippen molar-refractivity contribution < 1.29 is 17.9 Å². The average Bonchev–Trinajstić information content (AvgIpc) is 2.39. The zero-order valence-electron chi connectivity index (χ0n) is 11.7. The molecule has 0 unspecified atom stereocenters. The van der Waals surface area contributed by atoms with Crippen LogP contribution in [0.3, 0.4) is 0 Å². The van der Waals surface area contributed by atoms with Crippen LogP contribution in [0.1, 0.15) is 26.7 Å². The standard InChI is InChI=1S/C14H19NO4S/c1-4-5-10-19-12-6-8-13(9-7-12)20(17,18)15-14(16)11(2)3/h6-9H,2,4-5,10H2,1,3H3,(H,15,16). The maximum absolute atomic E-state index is 11.9. The fourth-order valence-electron chi connectivity index (χ4n) is 1.32. The Morgan fingerprint density at radius 2 is 1.90 bits per heavy atom. The van der Waals surface area contributed by atoms with Crippen molar-refractivity contribution >= 4 is 15.9 Å². The number of carbonyl (C=O) groups is 1. The van der Waals surface area contributed by atoms with E-state index in [9.17, 15) is 13.2 Å². The highest BCUT2D eigenvalue weighted by Gasteiger charge is 2.17. The third-order valence-corrected chi connectivity index (χ3v) is 3.86. The van der Waals surface area contributed by atoms with E-state index in [-0.39, 0.29) is 10.5 Å². The lowest BCUT2D eigenvalue weighted by Gasteiger charge is -2.08. The molecule has 0 spiro atoms. The van der Waals surface area contributed by atoms with Crippen LogP contribution < -0.4 is 9.46 Å². The van der Waals surface area contributed by atoms with Crippen molar-refractivity contribution in [1.82, 2.24) is 4.72 Å². The first-order valence-electron chi connectivity index (χ1n) is 6.32. The Hall–Kier alpha value is -1.82. The summed E-state index contributed by atoms with van der Waals surface area (Å²) in [6.45, 7) is 7.48. The molecule has 0 fully saturated rings. The van der Waals surface area contributed by atoms with E-state index in [0.717, 1.165) is 12.8 Å². The molecular weight excluding hydrogens is 278 g/mol. The molecule has 1 rings (SSSR count). The first-order valence-corrected chi connectivity index (χ1v) is 7.80. The van der Waals surface area contributed by atoms with E-state index >= 15 is 0 Å². The Kier molecular flexibility index (Phi) is 5.76. The summed E-state index contributed by atoms with van der Waals surface area (Å²) in [6.07, 6.45) is 1.97. The van der Waals surface area contributed by atoms with Gasteiger partial charge in [0.05, 0.1) is 11.5 Å². The van der Waals surface area contributed by atoms with Crippen molar-refractivity contribution in [3.05, 3.63) is 36.4 Å². The molecule has 0 radical (unpaired) electrons. The number of nitrogens with one attached hydrogen (secondary N) is 1. The monoisotopic (exact) mass is 297 g/mol. The highest BCUT2D eigenvalue weighted by Crippen LogP contribution is 2.16. The van der Waals surface area contributed by atoms with Crippen LogP contribution in [0.2, 0.25) is 0 Å². The van der Waals surface area contributed by atoms with Gasteiger partial charge in [-0.3, -0.25) is 4.79 Å². The van der Waals surface area contributed by atoms with Crippen molar-refractivity contribution in [2.45, 2.75) is 31.6 Å². The third-order valence-electron chi connectivity index (χ3n) is 2.52. The molecule has 20 heavy (non-hydrogen) atoms. The van der Waals surface area contributed by atoms with Crippen LogP contribution in [0, 0.1) is 0 Å². The molecule has 0 aliphatic rings. The molecule has 1 aromatic carbocycles. The first-order chi connectivity index (χ1) is 9.36. The number of rotatable bonds is 7. The number of benzene rings is 1. The number of ether oxygens (including phenoxy) is 1. The van der Waals surface area contributed by atoms with Gasteiger partial charge in [0.2, 0.25) is 0 Å². The fourth-order valence-corrected chi connectivity index (χ4v) is 2.35. The molecule has 0 aliphatic heterocycles. The van der Waals surface area contributed by atoms with Crippen molar-refractivity contribution in [3.8, 4) is 5.75 Å². The quantitative estimate of drug-likeness (QED) is 0.619. The highest BCUT2D eigenvalue weighted by atomic mass is 32.2. The largest absolute Gasteiger partial charge is 0.494 e. The number of sulfonamides is 1. The molecule has 1 amide bonds. The molecule has 6 heteroatoms. The summed E-state index contributed by atoms with van der Waals surface area (Å²) >= 11 is 0. The Balaban J connectivity index is 2.76. The minimum absolute atomic E-state index is 0.00921. The third kappa shape index (κ3) is 4.70. The molecule has 110 valence electrons. The minimum atomic E-state index is -3.86. The van der Waals surface area contributed by atoms with Gasteiger partial charge >= 0.3 is 0 Å². The van der Waals surface area contributed by atoms with Gasteiger partial charge in [-0.1, -0.05) is 19.9 Å². The van der Waals surface area contributed by atoms with Crippen molar-refractivity contribution in [1.29, 1.82) is 0 Å². The molecule has 0 saturated carbocycles. The number of hydrogen-bond donors (Lipinski definition) is 1. The van der Waals surface area contributed by atoms with Crippen molar-refractivity contribution in [2.24, 2.45) is 0 Å². The van der Waals surface area contributed by atoms with Crippen LogP contribution in [0.25, 0.3) is 0 Å². The van der Waals surface area contributed by atoms with Gasteiger partial charge in [-0.25, -0.2) is 13.1 Å². The van der Waals surface area contributed by atoms with Gasteiger partial charge in [0, 0.05) is 5.57 Å². The second-order valence-electron chi connectivity index (χ2n) is 4.39. The van der Waals surface area contributed by atoms with Crippen LogP contribution in [0.4, 0.5) is 0 Å². The molecule has 0 heterocycles. The van der Waals surface area contributed by atoms with Crippen molar-refractivity contribution in [2.75, 3.05) is 6.61 Å². The van der Waals surface area contributed by atoms with E-state index in [1.165, 1.54) is 19.1 Å². The summed E-state index contributed by atoms with van der Waals surface area (Å²) in [5.41, 5.74) is 0.132. The summed E-state index contributed by atoms with van der Waals surface area (Å²) < 4.78 is 31.2. The van der Waals surface area contributed by atoms with E-state index in [1.807, 2.05) is 4.72 Å². The molecule has 0 atom stereocenters. The van der Waals surface area contributed by atoms with Gasteiger partial charge in [0.25, 0.3) is 15.9 Å². The number of unbranched alkanes of at least 4 members (excludes halogenated alkanes) is 1. The van der Waals surface area contributed by atoms with Gasteiger partial charge in [-0.15, -0.1) is 0 Å². The summed E-state index contributed by atoms with van der Waals surface area (Å²) in [4.78, 5) is 11.4. The van der Waals surface area contributed by atoms with E-state index < -0.39 is 15.9 Å². The van der Waals surface area contributed by atoms with E-state index in [0.29, 0.717) is 12.4 Å². The Bertz CT molecular complexity index is 576. The Morgan fingerprint density at radius 1 is 1.30 bits per heavy atom. The van der Waals surface area contributed by atoms with Gasteiger partial charge in [-0.2, -0.15) is 0 Å². The molecule has 0 saturated heterocycles. The van der Waals surface area contributed by atoms with Gasteiger partial charge in [-0.05, 0) is 37.6 Å². The van der Waals surface area contributed by atoms with Crippen LogP contribution in [0.15, 0.2) is 41.3 Å².